The van der Waals surface area contributed by atoms with Crippen molar-refractivity contribution >= 4 is 29.2 Å². The number of para-hydroxylation sites is 1. The zero-order chi connectivity index (χ0) is 20.0. The van der Waals surface area contributed by atoms with Gasteiger partial charge in [0.25, 0.3) is 11.5 Å². The number of fused-ring (bicyclic) bond motifs is 1. The number of hydrogen-bond acceptors (Lipinski definition) is 4. The SMILES string of the molecule is O=C(CCl)N[C@@]1(C(F)(F)F)C(=O)Nc2c1c(=O)[nH]c(=O)n2-c1ccccc1. The Kier molecular flexibility index (Phi) is 4.34. The largest absolute Gasteiger partial charge is 0.425 e. The Morgan fingerprint density at radius 3 is 2.37 bits per heavy atom. The Balaban J connectivity index is 2.40. The maximum absolute atomic E-state index is 13.9. The van der Waals surface area contributed by atoms with Gasteiger partial charge < -0.3 is 10.6 Å². The van der Waals surface area contributed by atoms with E-state index < -0.39 is 52.0 Å². The Morgan fingerprint density at radius 2 is 1.81 bits per heavy atom. The quantitative estimate of drug-likeness (QED) is 0.652. The number of anilines is 1. The summed E-state index contributed by atoms with van der Waals surface area (Å²) in [6.45, 7) is 0. The first-order valence-corrected chi connectivity index (χ1v) is 7.87. The van der Waals surface area contributed by atoms with Crippen molar-refractivity contribution in [3.05, 3.63) is 56.7 Å². The van der Waals surface area contributed by atoms with Gasteiger partial charge in [0.2, 0.25) is 11.4 Å². The fourth-order valence-electron chi connectivity index (χ4n) is 2.84. The van der Waals surface area contributed by atoms with Gasteiger partial charge in [-0.1, -0.05) is 18.2 Å². The molecule has 3 rings (SSSR count). The van der Waals surface area contributed by atoms with Crippen LogP contribution >= 0.6 is 11.6 Å². The summed E-state index contributed by atoms with van der Waals surface area (Å²) in [4.78, 5) is 50.2. The van der Waals surface area contributed by atoms with Gasteiger partial charge in [-0.15, -0.1) is 11.6 Å². The molecule has 1 atom stereocenters. The summed E-state index contributed by atoms with van der Waals surface area (Å²) in [6.07, 6.45) is -5.39. The number of halogens is 4. The van der Waals surface area contributed by atoms with E-state index in [0.717, 1.165) is 0 Å². The van der Waals surface area contributed by atoms with Crippen LogP contribution in [0, 0.1) is 0 Å². The van der Waals surface area contributed by atoms with Crippen LogP contribution in [0.15, 0.2) is 39.9 Å². The second-order valence-corrected chi connectivity index (χ2v) is 5.80. The second kappa shape index (κ2) is 6.27. The number of nitrogens with zero attached hydrogens (tertiary/aromatic N) is 1. The maximum atomic E-state index is 13.9. The summed E-state index contributed by atoms with van der Waals surface area (Å²) >= 11 is 5.26. The lowest BCUT2D eigenvalue weighted by molar-refractivity contribution is -0.200. The van der Waals surface area contributed by atoms with Crippen molar-refractivity contribution in [2.75, 3.05) is 11.2 Å². The number of H-pyrrole nitrogens is 1. The highest BCUT2D eigenvalue weighted by Crippen LogP contribution is 2.45. The molecular weight excluding hydrogens is 393 g/mol. The number of benzene rings is 1. The number of carbonyl (C=O) groups is 2. The third-order valence-corrected chi connectivity index (χ3v) is 4.19. The summed E-state index contributed by atoms with van der Waals surface area (Å²) in [7, 11) is 0. The minimum Gasteiger partial charge on any atom is -0.329 e. The third-order valence-electron chi connectivity index (χ3n) is 3.95. The Labute approximate surface area is 153 Å². The van der Waals surface area contributed by atoms with Crippen molar-refractivity contribution in [3.63, 3.8) is 0 Å². The van der Waals surface area contributed by atoms with Crippen LogP contribution in [-0.4, -0.2) is 33.4 Å². The minimum absolute atomic E-state index is 0.0944. The second-order valence-electron chi connectivity index (χ2n) is 5.54. The first-order valence-electron chi connectivity index (χ1n) is 7.34. The number of aromatic amines is 1. The summed E-state index contributed by atoms with van der Waals surface area (Å²) in [5.41, 5.74) is -7.27. The molecule has 1 aliphatic heterocycles. The molecule has 27 heavy (non-hydrogen) atoms. The molecule has 1 aromatic heterocycles. The molecule has 0 radical (unpaired) electrons. The number of aromatic nitrogens is 2. The molecule has 8 nitrogen and oxygen atoms in total. The van der Waals surface area contributed by atoms with E-state index in [0.29, 0.717) is 4.57 Å². The van der Waals surface area contributed by atoms with Crippen LogP contribution < -0.4 is 21.9 Å². The number of nitrogens with one attached hydrogen (secondary N) is 3. The molecule has 0 bridgehead atoms. The van der Waals surface area contributed by atoms with Crippen molar-refractivity contribution in [1.82, 2.24) is 14.9 Å². The monoisotopic (exact) mass is 402 g/mol. The highest BCUT2D eigenvalue weighted by atomic mass is 35.5. The summed E-state index contributed by atoms with van der Waals surface area (Å²) in [5, 5.41) is 3.38. The smallest absolute Gasteiger partial charge is 0.329 e. The molecule has 2 amide bonds. The molecular formula is C15H10ClF3N4O4. The molecule has 0 fully saturated rings. The van der Waals surface area contributed by atoms with E-state index in [4.69, 9.17) is 11.6 Å². The third kappa shape index (κ3) is 2.70. The first-order chi connectivity index (χ1) is 12.6. The van der Waals surface area contributed by atoms with Crippen molar-refractivity contribution in [2.45, 2.75) is 11.7 Å². The lowest BCUT2D eigenvalue weighted by atomic mass is 9.92. The molecule has 3 N–H and O–H groups in total. The van der Waals surface area contributed by atoms with Crippen LogP contribution in [0.4, 0.5) is 19.0 Å². The van der Waals surface area contributed by atoms with E-state index in [1.54, 1.807) is 11.1 Å². The van der Waals surface area contributed by atoms with Crippen molar-refractivity contribution in [2.24, 2.45) is 0 Å². The fraction of sp³-hybridized carbons (Fsp3) is 0.200. The minimum atomic E-state index is -5.39. The van der Waals surface area contributed by atoms with Crippen molar-refractivity contribution in [3.8, 4) is 5.69 Å². The van der Waals surface area contributed by atoms with Crippen LogP contribution in [0.5, 0.6) is 0 Å². The number of alkyl halides is 4. The number of rotatable bonds is 3. The molecule has 2 heterocycles. The summed E-state index contributed by atoms with van der Waals surface area (Å²) < 4.78 is 42.4. The van der Waals surface area contributed by atoms with Gasteiger partial charge in [0.15, 0.2) is 0 Å². The van der Waals surface area contributed by atoms with Gasteiger partial charge >= 0.3 is 11.9 Å². The van der Waals surface area contributed by atoms with Crippen LogP contribution in [0.25, 0.3) is 5.69 Å². The zero-order valence-electron chi connectivity index (χ0n) is 13.2. The molecule has 142 valence electrons. The van der Waals surface area contributed by atoms with Crippen LogP contribution in [0.1, 0.15) is 5.56 Å². The standard InChI is InChI=1S/C15H10ClF3N4O4/c16-6-8(24)22-14(15(17,18)19)9-10(20-12(14)26)23(13(27)21-11(9)25)7-4-2-1-3-5-7/h1-5H,6H2,(H,20,26)(H,22,24)(H,21,25,27)/t14-/m1/s1. The van der Waals surface area contributed by atoms with Crippen LogP contribution in [0.3, 0.4) is 0 Å². The van der Waals surface area contributed by atoms with Gasteiger partial charge in [-0.2, -0.15) is 13.2 Å². The molecule has 1 aromatic carbocycles. The van der Waals surface area contributed by atoms with Gasteiger partial charge in [0.1, 0.15) is 17.3 Å². The molecule has 0 spiro atoms. The predicted octanol–water partition coefficient (Wildman–Crippen LogP) is 0.590. The van der Waals surface area contributed by atoms with E-state index in [1.807, 2.05) is 5.32 Å². The van der Waals surface area contributed by atoms with Gasteiger partial charge in [0, 0.05) is 0 Å². The van der Waals surface area contributed by atoms with Crippen molar-refractivity contribution in [1.29, 1.82) is 0 Å². The zero-order valence-corrected chi connectivity index (χ0v) is 13.9. The molecule has 0 unspecified atom stereocenters. The average Bonchev–Trinajstić information content (AvgIpc) is 2.89. The van der Waals surface area contributed by atoms with E-state index >= 15 is 0 Å². The summed E-state index contributed by atoms with van der Waals surface area (Å²) in [5.74, 6) is -4.62. The normalized spacial score (nSPS) is 18.7. The fourth-order valence-corrected chi connectivity index (χ4v) is 2.91. The van der Waals surface area contributed by atoms with Gasteiger partial charge in [-0.05, 0) is 12.1 Å². The van der Waals surface area contributed by atoms with E-state index in [1.165, 1.54) is 29.6 Å². The molecule has 1 aliphatic rings. The number of carbonyl (C=O) groups excluding carboxylic acids is 2. The lowest BCUT2D eigenvalue weighted by Crippen LogP contribution is -2.62. The van der Waals surface area contributed by atoms with Gasteiger partial charge in [-0.3, -0.25) is 19.4 Å². The molecule has 0 saturated carbocycles. The van der Waals surface area contributed by atoms with Crippen LogP contribution in [-0.2, 0) is 15.1 Å². The predicted molar refractivity (Wildman–Crippen MR) is 87.9 cm³/mol. The highest BCUT2D eigenvalue weighted by molar-refractivity contribution is 6.27. The number of hydrogen-bond donors (Lipinski definition) is 3. The van der Waals surface area contributed by atoms with Crippen LogP contribution in [0.2, 0.25) is 0 Å². The maximum Gasteiger partial charge on any atom is 0.425 e. The Bertz CT molecular complexity index is 1050. The molecule has 2 aromatic rings. The lowest BCUT2D eigenvalue weighted by Gasteiger charge is -2.29. The first kappa shape index (κ1) is 18.7. The Hall–Kier alpha value is -3.08. The number of amides is 2. The molecule has 12 heteroatoms. The van der Waals surface area contributed by atoms with Crippen molar-refractivity contribution < 1.29 is 22.8 Å². The molecule has 0 aliphatic carbocycles. The van der Waals surface area contributed by atoms with Gasteiger partial charge in [-0.25, -0.2) is 9.36 Å². The topological polar surface area (TPSA) is 113 Å². The highest BCUT2D eigenvalue weighted by Gasteiger charge is 2.68. The van der Waals surface area contributed by atoms with E-state index in [9.17, 15) is 32.3 Å². The average molecular weight is 403 g/mol. The summed E-state index contributed by atoms with van der Waals surface area (Å²) in [6, 6.07) is 7.37. The van der Waals surface area contributed by atoms with E-state index in [2.05, 4.69) is 0 Å². The Morgan fingerprint density at radius 1 is 1.19 bits per heavy atom. The van der Waals surface area contributed by atoms with Gasteiger partial charge in [0.05, 0.1) is 5.69 Å². The van der Waals surface area contributed by atoms with E-state index in [-0.39, 0.29) is 5.69 Å². The molecule has 0 saturated heterocycles.